The fourth-order valence-corrected chi connectivity index (χ4v) is 2.51. The zero-order chi connectivity index (χ0) is 13.9. The van der Waals surface area contributed by atoms with Gasteiger partial charge in [0.25, 0.3) is 0 Å². The number of amides is 1. The molecule has 1 saturated carbocycles. The largest absolute Gasteiger partial charge is 0.593 e. The molecule has 3 atom stereocenters. The highest BCUT2D eigenvalue weighted by Crippen LogP contribution is 2.37. The summed E-state index contributed by atoms with van der Waals surface area (Å²) >= 11 is -1.61. The SMILES string of the molecule is CCOC(=O)C1CC1[S@@+]([O-])NC(=O)OC(C)(C)C. The third kappa shape index (κ3) is 4.73. The number of ether oxygens (including phenoxy) is 2. The van der Waals surface area contributed by atoms with Gasteiger partial charge in [0.15, 0.2) is 5.25 Å². The van der Waals surface area contributed by atoms with Crippen LogP contribution >= 0.6 is 0 Å². The van der Waals surface area contributed by atoms with Gasteiger partial charge in [-0.2, -0.15) is 0 Å². The number of carbonyl (C=O) groups is 2. The number of carbonyl (C=O) groups excluding carboxylic acids is 2. The highest BCUT2D eigenvalue weighted by atomic mass is 32.2. The van der Waals surface area contributed by atoms with Gasteiger partial charge in [-0.25, -0.2) is 4.79 Å². The van der Waals surface area contributed by atoms with E-state index < -0.39 is 23.1 Å². The molecule has 6 nitrogen and oxygen atoms in total. The predicted molar refractivity (Wildman–Crippen MR) is 66.0 cm³/mol. The van der Waals surface area contributed by atoms with Gasteiger partial charge in [0.05, 0.1) is 18.0 Å². The van der Waals surface area contributed by atoms with Gasteiger partial charge in [-0.1, -0.05) is 0 Å². The van der Waals surface area contributed by atoms with E-state index in [0.717, 1.165) is 0 Å². The molecule has 0 aromatic heterocycles. The summed E-state index contributed by atoms with van der Waals surface area (Å²) in [6.45, 7) is 7.16. The molecule has 0 radical (unpaired) electrons. The summed E-state index contributed by atoms with van der Waals surface area (Å²) in [5.41, 5.74) is -0.640. The van der Waals surface area contributed by atoms with Crippen LogP contribution in [0.2, 0.25) is 0 Å². The van der Waals surface area contributed by atoms with Crippen molar-refractivity contribution < 1.29 is 23.6 Å². The Labute approximate surface area is 110 Å². The second kappa shape index (κ2) is 5.79. The number of esters is 1. The van der Waals surface area contributed by atoms with Gasteiger partial charge in [-0.05, 0) is 27.7 Å². The van der Waals surface area contributed by atoms with Crippen molar-refractivity contribution in [3.8, 4) is 0 Å². The lowest BCUT2D eigenvalue weighted by atomic mass is 10.2. The van der Waals surface area contributed by atoms with Crippen molar-refractivity contribution in [3.05, 3.63) is 0 Å². The summed E-state index contributed by atoms with van der Waals surface area (Å²) in [6.07, 6.45) is -0.267. The van der Waals surface area contributed by atoms with Crippen molar-refractivity contribution in [2.24, 2.45) is 5.92 Å². The van der Waals surface area contributed by atoms with Crippen LogP contribution in [-0.4, -0.2) is 34.1 Å². The molecule has 1 fully saturated rings. The van der Waals surface area contributed by atoms with Gasteiger partial charge in [0.1, 0.15) is 11.5 Å². The molecule has 2 unspecified atom stereocenters. The average molecular weight is 277 g/mol. The molecule has 0 bridgehead atoms. The van der Waals surface area contributed by atoms with Crippen LogP contribution in [0.4, 0.5) is 4.79 Å². The van der Waals surface area contributed by atoms with Gasteiger partial charge in [-0.3, -0.25) is 4.79 Å². The van der Waals surface area contributed by atoms with E-state index in [1.165, 1.54) is 0 Å². The van der Waals surface area contributed by atoms with Crippen molar-refractivity contribution >= 4 is 23.4 Å². The molecule has 1 N–H and O–H groups in total. The second-order valence-electron chi connectivity index (χ2n) is 5.03. The Bertz CT molecular complexity index is 328. The fraction of sp³-hybridized carbons (Fsp3) is 0.818. The van der Waals surface area contributed by atoms with Crippen LogP contribution in [0.3, 0.4) is 0 Å². The maximum absolute atomic E-state index is 11.7. The van der Waals surface area contributed by atoms with Crippen LogP contribution in [0.15, 0.2) is 0 Å². The van der Waals surface area contributed by atoms with Gasteiger partial charge < -0.3 is 14.0 Å². The number of hydrogen-bond acceptors (Lipinski definition) is 5. The number of nitrogens with one attached hydrogen (secondary N) is 1. The fourth-order valence-electron chi connectivity index (χ4n) is 1.36. The first-order valence-electron chi connectivity index (χ1n) is 5.81. The lowest BCUT2D eigenvalue weighted by molar-refractivity contribution is -0.144. The quantitative estimate of drug-likeness (QED) is 0.614. The third-order valence-corrected chi connectivity index (χ3v) is 3.62. The lowest BCUT2D eigenvalue weighted by Gasteiger charge is -2.20. The Morgan fingerprint density at radius 3 is 2.56 bits per heavy atom. The van der Waals surface area contributed by atoms with Gasteiger partial charge in [0, 0.05) is 6.42 Å². The average Bonchev–Trinajstić information content (AvgIpc) is 2.93. The van der Waals surface area contributed by atoms with E-state index in [4.69, 9.17) is 9.47 Å². The molecule has 1 amide bonds. The minimum atomic E-state index is -1.61. The summed E-state index contributed by atoms with van der Waals surface area (Å²) in [5.74, 6) is -0.734. The molecule has 0 heterocycles. The number of hydrogen-bond donors (Lipinski definition) is 1. The molecule has 1 aliphatic rings. The molecule has 0 aromatic rings. The molecule has 0 saturated heterocycles. The van der Waals surface area contributed by atoms with E-state index in [1.807, 2.05) is 0 Å². The van der Waals surface area contributed by atoms with E-state index in [2.05, 4.69) is 4.72 Å². The van der Waals surface area contributed by atoms with E-state index in [9.17, 15) is 14.1 Å². The zero-order valence-electron chi connectivity index (χ0n) is 11.0. The minimum absolute atomic E-state index is 0.300. The van der Waals surface area contributed by atoms with Gasteiger partial charge >= 0.3 is 12.1 Å². The van der Waals surface area contributed by atoms with Crippen molar-refractivity contribution in [2.45, 2.75) is 45.0 Å². The van der Waals surface area contributed by atoms with Crippen molar-refractivity contribution in [1.82, 2.24) is 4.72 Å². The van der Waals surface area contributed by atoms with E-state index in [0.29, 0.717) is 13.0 Å². The topological polar surface area (TPSA) is 87.7 Å². The van der Waals surface area contributed by atoms with Crippen LogP contribution < -0.4 is 4.72 Å². The monoisotopic (exact) mass is 277 g/mol. The Morgan fingerprint density at radius 2 is 2.06 bits per heavy atom. The molecular formula is C11H19NO5S. The Morgan fingerprint density at radius 1 is 1.44 bits per heavy atom. The Balaban J connectivity index is 2.33. The maximum Gasteiger partial charge on any atom is 0.449 e. The zero-order valence-corrected chi connectivity index (χ0v) is 11.8. The number of rotatable bonds is 4. The molecular weight excluding hydrogens is 258 g/mol. The molecule has 1 rings (SSSR count). The van der Waals surface area contributed by atoms with E-state index in [-0.39, 0.29) is 17.1 Å². The van der Waals surface area contributed by atoms with Crippen LogP contribution in [0, 0.1) is 5.92 Å². The van der Waals surface area contributed by atoms with Crippen LogP contribution in [0.25, 0.3) is 0 Å². The normalized spacial score (nSPS) is 24.1. The first kappa shape index (κ1) is 15.1. The molecule has 0 spiro atoms. The highest BCUT2D eigenvalue weighted by Gasteiger charge is 2.54. The standard InChI is InChI=1S/C11H19NO5S/c1-5-16-9(13)7-6-8(7)18(15)12-10(14)17-11(2,3)4/h7-8H,5-6H2,1-4H3,(H,12,14)/t7?,8?,18-/m1/s1. The molecule has 104 valence electrons. The minimum Gasteiger partial charge on any atom is -0.593 e. The Hall–Kier alpha value is -0.950. The predicted octanol–water partition coefficient (Wildman–Crippen LogP) is 1.13. The first-order chi connectivity index (χ1) is 8.24. The second-order valence-corrected chi connectivity index (χ2v) is 6.44. The third-order valence-electron chi connectivity index (χ3n) is 2.18. The molecule has 0 aromatic carbocycles. The van der Waals surface area contributed by atoms with Crippen LogP contribution in [0.5, 0.6) is 0 Å². The highest BCUT2D eigenvalue weighted by molar-refractivity contribution is 7.91. The lowest BCUT2D eigenvalue weighted by Crippen LogP contribution is -2.38. The summed E-state index contributed by atoms with van der Waals surface area (Å²) in [4.78, 5) is 22.7. The van der Waals surface area contributed by atoms with E-state index in [1.54, 1.807) is 27.7 Å². The van der Waals surface area contributed by atoms with Crippen LogP contribution in [0.1, 0.15) is 34.1 Å². The van der Waals surface area contributed by atoms with Crippen molar-refractivity contribution in [2.75, 3.05) is 6.61 Å². The van der Waals surface area contributed by atoms with Crippen molar-refractivity contribution in [1.29, 1.82) is 0 Å². The molecule has 18 heavy (non-hydrogen) atoms. The van der Waals surface area contributed by atoms with Crippen LogP contribution in [-0.2, 0) is 25.6 Å². The van der Waals surface area contributed by atoms with E-state index >= 15 is 0 Å². The van der Waals surface area contributed by atoms with Gasteiger partial charge in [-0.15, -0.1) is 4.72 Å². The van der Waals surface area contributed by atoms with Crippen molar-refractivity contribution in [3.63, 3.8) is 0 Å². The maximum atomic E-state index is 11.7. The smallest absolute Gasteiger partial charge is 0.449 e. The first-order valence-corrected chi connectivity index (χ1v) is 7.02. The Kier molecular flexibility index (Phi) is 4.86. The summed E-state index contributed by atoms with van der Waals surface area (Å²) in [6, 6.07) is 0. The summed E-state index contributed by atoms with van der Waals surface area (Å²) in [5, 5.41) is -0.364. The van der Waals surface area contributed by atoms with Gasteiger partial charge in [0.2, 0.25) is 0 Å². The summed E-state index contributed by atoms with van der Waals surface area (Å²) < 4.78 is 23.7. The summed E-state index contributed by atoms with van der Waals surface area (Å²) in [7, 11) is 0. The molecule has 0 aliphatic heterocycles. The molecule has 1 aliphatic carbocycles. The molecule has 7 heteroatoms.